The van der Waals surface area contributed by atoms with Crippen LogP contribution in [0, 0.1) is 45.3 Å². The second-order valence-corrected chi connectivity index (χ2v) is 9.56. The van der Waals surface area contributed by atoms with Crippen LogP contribution >= 0.6 is 27.5 Å². The molecule has 0 aliphatic heterocycles. The molecule has 33 heavy (non-hydrogen) atoms. The van der Waals surface area contributed by atoms with E-state index in [4.69, 9.17) is 22.1 Å². The molecule has 0 saturated carbocycles. The molecule has 164 valence electrons. The van der Waals surface area contributed by atoms with Crippen LogP contribution in [-0.4, -0.2) is 0 Å². The zero-order valence-corrected chi connectivity index (χ0v) is 20.0. The average Bonchev–Trinajstić information content (AvgIpc) is 2.83. The van der Waals surface area contributed by atoms with Gasteiger partial charge in [-0.2, -0.15) is 15.8 Å². The third-order valence-electron chi connectivity index (χ3n) is 6.41. The number of benzene rings is 2. The Balaban J connectivity index is 1.86. The summed E-state index contributed by atoms with van der Waals surface area (Å²) in [6.45, 7) is 0.298. The molecule has 2 aromatic carbocycles. The number of allylic oxidation sites excluding steroid dienone is 4. The van der Waals surface area contributed by atoms with Crippen LogP contribution in [0.3, 0.4) is 0 Å². The standard InChI is InChI=1S/C26H20BrClN4O/c27-17-7-10-23(33-13-16-5-8-18(28)9-6-16)21(11-17)24-20-4-2-1-3-19(20)22(12-29)25(32)26(24,14-30)15-31/h3,5-11,20,24H,1-2,4,13,32H2/t20-,24+/m0/s1. The third kappa shape index (κ3) is 4.00. The molecule has 2 atom stereocenters. The Kier molecular flexibility index (Phi) is 6.48. The van der Waals surface area contributed by atoms with Crippen LogP contribution in [0.5, 0.6) is 5.75 Å². The summed E-state index contributed by atoms with van der Waals surface area (Å²) in [5.41, 5.74) is 7.49. The molecule has 0 bridgehead atoms. The van der Waals surface area contributed by atoms with E-state index in [1.807, 2.05) is 36.4 Å². The Bertz CT molecular complexity index is 1260. The van der Waals surface area contributed by atoms with Gasteiger partial charge >= 0.3 is 0 Å². The lowest BCUT2D eigenvalue weighted by Gasteiger charge is -2.43. The van der Waals surface area contributed by atoms with Crippen molar-refractivity contribution < 1.29 is 4.74 Å². The molecule has 0 heterocycles. The summed E-state index contributed by atoms with van der Waals surface area (Å²) < 4.78 is 7.00. The zero-order chi connectivity index (χ0) is 23.6. The molecule has 7 heteroatoms. The van der Waals surface area contributed by atoms with Gasteiger partial charge < -0.3 is 10.5 Å². The summed E-state index contributed by atoms with van der Waals surface area (Å²) in [5.74, 6) is -0.188. The van der Waals surface area contributed by atoms with Gasteiger partial charge in [0.15, 0.2) is 5.41 Å². The molecule has 2 N–H and O–H groups in total. The number of hydrogen-bond donors (Lipinski definition) is 1. The Morgan fingerprint density at radius 2 is 1.85 bits per heavy atom. The van der Waals surface area contributed by atoms with Gasteiger partial charge in [-0.1, -0.05) is 45.7 Å². The minimum atomic E-state index is -1.68. The van der Waals surface area contributed by atoms with Crippen molar-refractivity contribution >= 4 is 27.5 Å². The summed E-state index contributed by atoms with van der Waals surface area (Å²) in [6.07, 6.45) is 4.52. The van der Waals surface area contributed by atoms with Crippen molar-refractivity contribution in [3.05, 3.63) is 86.0 Å². The van der Waals surface area contributed by atoms with Gasteiger partial charge in [-0.25, -0.2) is 0 Å². The van der Waals surface area contributed by atoms with E-state index in [0.29, 0.717) is 17.4 Å². The number of ether oxygens (including phenoxy) is 1. The average molecular weight is 520 g/mol. The largest absolute Gasteiger partial charge is 0.489 e. The summed E-state index contributed by atoms with van der Waals surface area (Å²) in [7, 11) is 0. The SMILES string of the molecule is N#CC1=C(N)C(C#N)(C#N)[C@@H](c2cc(Br)ccc2OCc2ccc(Cl)cc2)[C@H]2CCCC=C12. The number of fused-ring (bicyclic) bond motifs is 1. The summed E-state index contributed by atoms with van der Waals surface area (Å²) in [6, 6.07) is 19.5. The Morgan fingerprint density at radius 3 is 2.52 bits per heavy atom. The molecule has 2 aromatic rings. The minimum Gasteiger partial charge on any atom is -0.489 e. The van der Waals surface area contributed by atoms with Crippen LogP contribution in [0.2, 0.25) is 5.02 Å². The van der Waals surface area contributed by atoms with Crippen LogP contribution in [-0.2, 0) is 6.61 Å². The van der Waals surface area contributed by atoms with E-state index in [0.717, 1.165) is 40.4 Å². The number of hydrogen-bond acceptors (Lipinski definition) is 5. The van der Waals surface area contributed by atoms with Gasteiger partial charge in [0, 0.05) is 21.0 Å². The van der Waals surface area contributed by atoms with Gasteiger partial charge in [0.25, 0.3) is 0 Å². The Hall–Kier alpha value is -3.24. The number of nitrogens with two attached hydrogens (primary N) is 1. The van der Waals surface area contributed by atoms with Crippen LogP contribution in [0.4, 0.5) is 0 Å². The first-order valence-corrected chi connectivity index (χ1v) is 11.7. The highest BCUT2D eigenvalue weighted by atomic mass is 79.9. The van der Waals surface area contributed by atoms with Crippen molar-refractivity contribution in [1.82, 2.24) is 0 Å². The molecular formula is C26H20BrClN4O. The molecule has 4 rings (SSSR count). The van der Waals surface area contributed by atoms with Crippen molar-refractivity contribution in [2.24, 2.45) is 17.1 Å². The first kappa shape index (κ1) is 22.9. The molecule has 0 fully saturated rings. The number of halogens is 2. The number of nitriles is 3. The maximum Gasteiger partial charge on any atom is 0.191 e. The van der Waals surface area contributed by atoms with Gasteiger partial charge in [-0.15, -0.1) is 0 Å². The van der Waals surface area contributed by atoms with Crippen molar-refractivity contribution in [3.63, 3.8) is 0 Å². The lowest BCUT2D eigenvalue weighted by molar-refractivity contribution is 0.276. The fourth-order valence-electron chi connectivity index (χ4n) is 4.85. The molecule has 0 spiro atoms. The van der Waals surface area contributed by atoms with Gasteiger partial charge in [-0.3, -0.25) is 0 Å². The Labute approximate surface area is 206 Å². The second kappa shape index (κ2) is 9.32. The van der Waals surface area contributed by atoms with Crippen molar-refractivity contribution in [2.45, 2.75) is 31.8 Å². The van der Waals surface area contributed by atoms with E-state index in [-0.39, 0.29) is 17.2 Å². The predicted molar refractivity (Wildman–Crippen MR) is 129 cm³/mol. The van der Waals surface area contributed by atoms with Crippen LogP contribution in [0.25, 0.3) is 0 Å². The fraction of sp³-hybridized carbons (Fsp3) is 0.269. The van der Waals surface area contributed by atoms with Crippen molar-refractivity contribution in [1.29, 1.82) is 15.8 Å². The molecule has 0 aromatic heterocycles. The molecule has 5 nitrogen and oxygen atoms in total. The van der Waals surface area contributed by atoms with Gasteiger partial charge in [-0.05, 0) is 66.6 Å². The summed E-state index contributed by atoms with van der Waals surface area (Å²) in [5, 5.41) is 31.0. The summed E-state index contributed by atoms with van der Waals surface area (Å²) >= 11 is 9.52. The second-order valence-electron chi connectivity index (χ2n) is 8.20. The van der Waals surface area contributed by atoms with Gasteiger partial charge in [0.2, 0.25) is 0 Å². The molecule has 0 saturated heterocycles. The minimum absolute atomic E-state index is 0.0213. The quantitative estimate of drug-likeness (QED) is 0.512. The van der Waals surface area contributed by atoms with Crippen LogP contribution < -0.4 is 10.5 Å². The van der Waals surface area contributed by atoms with E-state index in [2.05, 4.69) is 34.1 Å². The first-order valence-electron chi connectivity index (χ1n) is 10.5. The highest BCUT2D eigenvalue weighted by molar-refractivity contribution is 9.10. The molecule has 2 aliphatic rings. The van der Waals surface area contributed by atoms with E-state index in [1.54, 1.807) is 12.1 Å². The fourth-order valence-corrected chi connectivity index (χ4v) is 5.36. The molecule has 2 aliphatic carbocycles. The topological polar surface area (TPSA) is 107 Å². The monoisotopic (exact) mass is 518 g/mol. The van der Waals surface area contributed by atoms with E-state index >= 15 is 0 Å². The van der Waals surface area contributed by atoms with Gasteiger partial charge in [0.05, 0.1) is 23.4 Å². The zero-order valence-electron chi connectivity index (χ0n) is 17.7. The smallest absolute Gasteiger partial charge is 0.191 e. The van der Waals surface area contributed by atoms with E-state index in [1.165, 1.54) is 0 Å². The van der Waals surface area contributed by atoms with Gasteiger partial charge in [0.1, 0.15) is 18.4 Å². The third-order valence-corrected chi connectivity index (χ3v) is 7.16. The molecule has 0 unspecified atom stereocenters. The maximum absolute atomic E-state index is 10.3. The maximum atomic E-state index is 10.3. The van der Waals surface area contributed by atoms with Crippen LogP contribution in [0.15, 0.2) is 69.9 Å². The lowest BCUT2D eigenvalue weighted by Crippen LogP contribution is -2.42. The van der Waals surface area contributed by atoms with E-state index in [9.17, 15) is 15.8 Å². The van der Waals surface area contributed by atoms with Crippen LogP contribution in [0.1, 0.15) is 36.3 Å². The Morgan fingerprint density at radius 1 is 1.12 bits per heavy atom. The highest BCUT2D eigenvalue weighted by Gasteiger charge is 2.54. The van der Waals surface area contributed by atoms with E-state index < -0.39 is 11.3 Å². The number of nitrogens with zero attached hydrogens (tertiary/aromatic N) is 3. The normalized spacial score (nSPS) is 21.1. The molecular weight excluding hydrogens is 500 g/mol. The lowest BCUT2D eigenvalue weighted by atomic mass is 9.56. The number of rotatable bonds is 4. The van der Waals surface area contributed by atoms with Crippen molar-refractivity contribution in [3.8, 4) is 24.0 Å². The predicted octanol–water partition coefficient (Wildman–Crippen LogP) is 6.28. The first-order chi connectivity index (χ1) is 15.9. The summed E-state index contributed by atoms with van der Waals surface area (Å²) in [4.78, 5) is 0. The molecule has 0 radical (unpaired) electrons. The highest BCUT2D eigenvalue weighted by Crippen LogP contribution is 2.57. The van der Waals surface area contributed by atoms with Crippen molar-refractivity contribution in [2.75, 3.05) is 0 Å². The molecule has 0 amide bonds.